The normalized spacial score (nSPS) is 16.8. The summed E-state index contributed by atoms with van der Waals surface area (Å²) in [7, 11) is 1.47. The molecule has 0 saturated carbocycles. The van der Waals surface area contributed by atoms with Crippen molar-refractivity contribution in [3.05, 3.63) is 119 Å². The van der Waals surface area contributed by atoms with Gasteiger partial charge in [-0.15, -0.1) is 0 Å². The molecule has 3 aromatic carbocycles. The van der Waals surface area contributed by atoms with Crippen molar-refractivity contribution in [3.63, 3.8) is 0 Å². The second kappa shape index (κ2) is 11.7. The molecule has 0 fully saturated rings. The second-order valence-electron chi connectivity index (χ2n) is 11.6. The molecule has 1 heterocycles. The number of fused-ring (bicyclic) bond motifs is 1. The molecule has 4 N–H and O–H groups in total. The number of nitrogens with two attached hydrogens (primary N) is 1. The fraction of sp³-hybridized carbons (Fsp3) is 0.265. The highest BCUT2D eigenvalue weighted by atomic mass is 16.5. The number of nitrogen functional groups attached to an aromatic ring is 1. The number of hydrogen-bond donors (Lipinski definition) is 3. The Morgan fingerprint density at radius 1 is 1.05 bits per heavy atom. The Morgan fingerprint density at radius 2 is 1.79 bits per heavy atom. The molecule has 1 aliphatic rings. The Balaban J connectivity index is 1.64. The smallest absolute Gasteiger partial charge is 0.263 e. The topological polar surface area (TPSA) is 118 Å². The molecule has 2 amide bonds. The van der Waals surface area contributed by atoms with E-state index < -0.39 is 30.0 Å². The Morgan fingerprint density at radius 3 is 2.45 bits per heavy atom. The average molecular weight is 565 g/mol. The van der Waals surface area contributed by atoms with Crippen LogP contribution in [0.1, 0.15) is 65.5 Å². The van der Waals surface area contributed by atoms with Gasteiger partial charge in [-0.2, -0.15) is 0 Å². The molecule has 0 aliphatic heterocycles. The number of aromatic nitrogens is 1. The zero-order valence-electron chi connectivity index (χ0n) is 24.2. The number of rotatable bonds is 7. The number of hydrogen-bond acceptors (Lipinski definition) is 6. The minimum absolute atomic E-state index is 0.111. The molecular formula is C34H36N4O4. The molecule has 42 heavy (non-hydrogen) atoms. The van der Waals surface area contributed by atoms with E-state index in [1.165, 1.54) is 12.0 Å². The molecule has 8 nitrogen and oxygen atoms in total. The van der Waals surface area contributed by atoms with Crippen molar-refractivity contribution in [2.24, 2.45) is 0 Å². The van der Waals surface area contributed by atoms with Gasteiger partial charge in [-0.25, -0.2) is 0 Å². The summed E-state index contributed by atoms with van der Waals surface area (Å²) in [6.07, 6.45) is 2.82. The molecule has 3 atom stereocenters. The van der Waals surface area contributed by atoms with E-state index in [0.717, 1.165) is 16.7 Å². The van der Waals surface area contributed by atoms with Crippen molar-refractivity contribution >= 4 is 23.2 Å². The van der Waals surface area contributed by atoms with E-state index in [1.54, 1.807) is 42.7 Å². The van der Waals surface area contributed by atoms with E-state index in [-0.39, 0.29) is 11.0 Å². The van der Waals surface area contributed by atoms with Gasteiger partial charge in [0.15, 0.2) is 0 Å². The highest BCUT2D eigenvalue weighted by Crippen LogP contribution is 2.36. The van der Waals surface area contributed by atoms with Crippen molar-refractivity contribution in [3.8, 4) is 5.75 Å². The van der Waals surface area contributed by atoms with Crippen LogP contribution in [0.15, 0.2) is 91.3 Å². The minimum Gasteiger partial charge on any atom is -0.496 e. The second-order valence-corrected chi connectivity index (χ2v) is 11.6. The molecule has 1 aliphatic carbocycles. The Bertz CT molecular complexity index is 1580. The van der Waals surface area contributed by atoms with Crippen LogP contribution in [-0.4, -0.2) is 35.1 Å². The Hall–Kier alpha value is -4.69. The van der Waals surface area contributed by atoms with Gasteiger partial charge in [-0.3, -0.25) is 19.5 Å². The lowest BCUT2D eigenvalue weighted by Gasteiger charge is -2.33. The van der Waals surface area contributed by atoms with Crippen molar-refractivity contribution in [1.82, 2.24) is 10.3 Å². The number of carbonyl (C=O) groups excluding carboxylic acids is 2. The van der Waals surface area contributed by atoms with Gasteiger partial charge < -0.3 is 20.9 Å². The summed E-state index contributed by atoms with van der Waals surface area (Å²) >= 11 is 0. The number of methoxy groups -OCH3 is 1. The van der Waals surface area contributed by atoms with Crippen LogP contribution in [0.2, 0.25) is 0 Å². The molecule has 0 saturated heterocycles. The Kier molecular flexibility index (Phi) is 8.00. The summed E-state index contributed by atoms with van der Waals surface area (Å²) in [6.45, 7) is 6.34. The zero-order valence-corrected chi connectivity index (χ0v) is 24.2. The maximum atomic E-state index is 14.5. The number of amides is 2. The first-order valence-corrected chi connectivity index (χ1v) is 13.9. The van der Waals surface area contributed by atoms with Crippen LogP contribution in [0, 0.1) is 0 Å². The predicted molar refractivity (Wildman–Crippen MR) is 163 cm³/mol. The maximum Gasteiger partial charge on any atom is 0.263 e. The van der Waals surface area contributed by atoms with Gasteiger partial charge in [0.1, 0.15) is 11.8 Å². The van der Waals surface area contributed by atoms with Crippen LogP contribution < -0.4 is 20.7 Å². The molecule has 4 aromatic rings. The first-order valence-electron chi connectivity index (χ1n) is 13.9. The summed E-state index contributed by atoms with van der Waals surface area (Å²) in [5.41, 5.74) is 10.5. The van der Waals surface area contributed by atoms with E-state index in [4.69, 9.17) is 10.5 Å². The SMILES string of the molecule is COc1cc(N)ccc1C(=O)N(c1ccc(C(C)(C)C)cc1)C(C(=O)N[C@@H]1c2ccccc2C[C@@H]1O)c1cccnc1. The maximum absolute atomic E-state index is 14.5. The van der Waals surface area contributed by atoms with E-state index in [1.807, 2.05) is 48.5 Å². The predicted octanol–water partition coefficient (Wildman–Crippen LogP) is 5.13. The molecule has 8 heteroatoms. The van der Waals surface area contributed by atoms with Gasteiger partial charge in [0, 0.05) is 41.8 Å². The van der Waals surface area contributed by atoms with E-state index in [2.05, 4.69) is 31.1 Å². The highest BCUT2D eigenvalue weighted by Gasteiger charge is 2.39. The van der Waals surface area contributed by atoms with Crippen molar-refractivity contribution in [2.45, 2.75) is 50.8 Å². The van der Waals surface area contributed by atoms with E-state index >= 15 is 0 Å². The van der Waals surface area contributed by atoms with Gasteiger partial charge in [0.25, 0.3) is 5.91 Å². The first-order chi connectivity index (χ1) is 20.1. The quantitative estimate of drug-likeness (QED) is 0.268. The molecular weight excluding hydrogens is 528 g/mol. The third-order valence-electron chi connectivity index (χ3n) is 7.69. The van der Waals surface area contributed by atoms with Crippen LogP contribution in [0.25, 0.3) is 0 Å². The Labute approximate surface area is 246 Å². The third kappa shape index (κ3) is 5.71. The monoisotopic (exact) mass is 564 g/mol. The number of anilines is 2. The molecule has 1 unspecified atom stereocenters. The molecule has 216 valence electrons. The van der Waals surface area contributed by atoms with Crippen molar-refractivity contribution in [2.75, 3.05) is 17.7 Å². The largest absolute Gasteiger partial charge is 0.496 e. The summed E-state index contributed by atoms with van der Waals surface area (Å²) in [5, 5.41) is 14.0. The number of pyridine rings is 1. The fourth-order valence-corrected chi connectivity index (χ4v) is 5.46. The molecule has 5 rings (SSSR count). The van der Waals surface area contributed by atoms with Crippen LogP contribution in [-0.2, 0) is 16.6 Å². The average Bonchev–Trinajstić information content (AvgIpc) is 3.29. The third-order valence-corrected chi connectivity index (χ3v) is 7.69. The van der Waals surface area contributed by atoms with Gasteiger partial charge in [-0.1, -0.05) is 63.2 Å². The lowest BCUT2D eigenvalue weighted by atomic mass is 9.87. The van der Waals surface area contributed by atoms with Crippen LogP contribution in [0.3, 0.4) is 0 Å². The van der Waals surface area contributed by atoms with Crippen molar-refractivity contribution < 1.29 is 19.4 Å². The van der Waals surface area contributed by atoms with Crippen LogP contribution >= 0.6 is 0 Å². The van der Waals surface area contributed by atoms with Gasteiger partial charge in [0.05, 0.1) is 24.8 Å². The van der Waals surface area contributed by atoms with Gasteiger partial charge >= 0.3 is 0 Å². The lowest BCUT2D eigenvalue weighted by molar-refractivity contribution is -0.124. The molecule has 0 bridgehead atoms. The number of nitrogens with zero attached hydrogens (tertiary/aromatic N) is 2. The number of ether oxygens (including phenoxy) is 1. The highest BCUT2D eigenvalue weighted by molar-refractivity contribution is 6.11. The number of aliphatic hydroxyl groups is 1. The van der Waals surface area contributed by atoms with Crippen LogP contribution in [0.4, 0.5) is 11.4 Å². The summed E-state index contributed by atoms with van der Waals surface area (Å²) < 4.78 is 5.53. The number of carbonyl (C=O) groups is 2. The van der Waals surface area contributed by atoms with E-state index in [0.29, 0.717) is 29.1 Å². The van der Waals surface area contributed by atoms with Gasteiger partial charge in [0.2, 0.25) is 5.91 Å². The number of aliphatic hydroxyl groups excluding tert-OH is 1. The molecule has 1 aromatic heterocycles. The molecule has 0 spiro atoms. The fourth-order valence-electron chi connectivity index (χ4n) is 5.46. The lowest BCUT2D eigenvalue weighted by Crippen LogP contribution is -2.46. The minimum atomic E-state index is -1.12. The number of benzene rings is 3. The summed E-state index contributed by atoms with van der Waals surface area (Å²) in [4.78, 5) is 34.6. The molecule has 0 radical (unpaired) electrons. The summed E-state index contributed by atoms with van der Waals surface area (Å²) in [6, 6.07) is 21.8. The van der Waals surface area contributed by atoms with Crippen molar-refractivity contribution in [1.29, 1.82) is 0 Å². The van der Waals surface area contributed by atoms with E-state index in [9.17, 15) is 14.7 Å². The zero-order chi connectivity index (χ0) is 30.0. The van der Waals surface area contributed by atoms with Gasteiger partial charge in [-0.05, 0) is 52.4 Å². The number of nitrogens with one attached hydrogen (secondary N) is 1. The standard InChI is InChI=1S/C34H36N4O4/c1-34(2,3)23-11-14-25(15-12-23)38(33(41)27-16-13-24(35)19-29(27)42-4)31(22-9-7-17-36-20-22)32(40)37-30-26-10-6-5-8-21(26)18-28(30)39/h5-17,19-20,28,30-31,39H,18,35H2,1-4H3,(H,37,40)/t28-,30+,31?/m0/s1. The van der Waals surface area contributed by atoms with Crippen LogP contribution in [0.5, 0.6) is 5.75 Å². The summed E-state index contributed by atoms with van der Waals surface area (Å²) in [5.74, 6) is -0.611. The first kappa shape index (κ1) is 28.8.